The van der Waals surface area contributed by atoms with E-state index in [1.54, 1.807) is 29.0 Å². The third-order valence-corrected chi connectivity index (χ3v) is 4.65. The predicted molar refractivity (Wildman–Crippen MR) is 78.1 cm³/mol. The van der Waals surface area contributed by atoms with Gasteiger partial charge in [0.25, 0.3) is 0 Å². The highest BCUT2D eigenvalue weighted by Crippen LogP contribution is 2.47. The van der Waals surface area contributed by atoms with Crippen LogP contribution in [0.2, 0.25) is 0 Å². The third-order valence-electron chi connectivity index (χ3n) is 3.48. The van der Waals surface area contributed by atoms with Gasteiger partial charge in [0.05, 0.1) is 5.69 Å². The van der Waals surface area contributed by atoms with E-state index in [9.17, 15) is 13.2 Å². The molecule has 0 bridgehead atoms. The second-order valence-corrected chi connectivity index (χ2v) is 6.38. The fraction of sp³-hybridized carbons (Fsp3) is 0.214. The summed E-state index contributed by atoms with van der Waals surface area (Å²) in [5.74, 6) is 0. The molecule has 2 aromatic rings. The van der Waals surface area contributed by atoms with Crippen LogP contribution in [0.1, 0.15) is 11.1 Å². The van der Waals surface area contributed by atoms with E-state index in [1.807, 2.05) is 0 Å². The summed E-state index contributed by atoms with van der Waals surface area (Å²) in [5, 5.41) is 3.20. The molecule has 2 heterocycles. The Kier molecular flexibility index (Phi) is 3.25. The quantitative estimate of drug-likeness (QED) is 0.657. The molecule has 0 saturated heterocycles. The second kappa shape index (κ2) is 4.70. The maximum absolute atomic E-state index is 13.7. The fourth-order valence-corrected chi connectivity index (χ4v) is 3.53. The van der Waals surface area contributed by atoms with E-state index < -0.39 is 11.6 Å². The Bertz CT molecular complexity index is 664. The highest BCUT2D eigenvalue weighted by molar-refractivity contribution is 9.10. The Morgan fingerprint density at radius 3 is 2.70 bits per heavy atom. The number of aliphatic imine (C=N–C) groups is 1. The molecule has 1 nitrogen and oxygen atoms in total. The molecule has 0 N–H and O–H groups in total. The minimum absolute atomic E-state index is 0.120. The molecule has 1 aromatic heterocycles. The zero-order valence-electron chi connectivity index (χ0n) is 10.1. The van der Waals surface area contributed by atoms with Crippen LogP contribution in [-0.2, 0) is 11.8 Å². The minimum Gasteiger partial charge on any atom is -0.260 e. The van der Waals surface area contributed by atoms with Crippen LogP contribution in [0.3, 0.4) is 0 Å². The van der Waals surface area contributed by atoms with Crippen LogP contribution in [0.5, 0.6) is 0 Å². The monoisotopic (exact) mass is 359 g/mol. The van der Waals surface area contributed by atoms with Crippen molar-refractivity contribution in [3.63, 3.8) is 0 Å². The van der Waals surface area contributed by atoms with Crippen molar-refractivity contribution < 1.29 is 13.2 Å². The molecule has 0 unspecified atom stereocenters. The van der Waals surface area contributed by atoms with Crippen molar-refractivity contribution in [3.8, 4) is 0 Å². The van der Waals surface area contributed by atoms with Crippen molar-refractivity contribution in [1.29, 1.82) is 0 Å². The Hall–Kier alpha value is -1.14. The number of hydrogen-bond donors (Lipinski definition) is 0. The molecule has 0 radical (unpaired) electrons. The largest absolute Gasteiger partial charge is 0.403 e. The lowest BCUT2D eigenvalue weighted by Crippen LogP contribution is -2.46. The number of fused-ring (bicyclic) bond motifs is 1. The minimum atomic E-state index is -4.38. The van der Waals surface area contributed by atoms with Crippen molar-refractivity contribution >= 4 is 39.2 Å². The number of thiophene rings is 1. The van der Waals surface area contributed by atoms with E-state index in [0.717, 1.165) is 10.7 Å². The maximum Gasteiger partial charge on any atom is 0.403 e. The first-order chi connectivity index (χ1) is 9.42. The standard InChI is InChI=1S/C14H9BrF3NS/c15-11-1-2-12-9(5-11)6-13(8-19-12,14(16,17)18)10-3-4-20-7-10/h1-5,7-8H,6H2/t13-/m0/s1. The van der Waals surface area contributed by atoms with Gasteiger partial charge in [-0.3, -0.25) is 4.99 Å². The first-order valence-corrected chi connectivity index (χ1v) is 7.59. The molecule has 0 saturated carbocycles. The molecule has 1 aliphatic heterocycles. The molecular weight excluding hydrogens is 351 g/mol. The van der Waals surface area contributed by atoms with Gasteiger partial charge in [0.1, 0.15) is 5.41 Å². The third kappa shape index (κ3) is 2.11. The van der Waals surface area contributed by atoms with Crippen LogP contribution in [-0.4, -0.2) is 12.4 Å². The number of hydrogen-bond acceptors (Lipinski definition) is 2. The van der Waals surface area contributed by atoms with Crippen molar-refractivity contribution in [2.24, 2.45) is 4.99 Å². The summed E-state index contributed by atoms with van der Waals surface area (Å²) in [4.78, 5) is 4.05. The van der Waals surface area contributed by atoms with Crippen molar-refractivity contribution in [3.05, 3.63) is 50.6 Å². The van der Waals surface area contributed by atoms with E-state index in [4.69, 9.17) is 0 Å². The molecule has 3 rings (SSSR count). The molecule has 104 valence electrons. The van der Waals surface area contributed by atoms with Crippen molar-refractivity contribution in [2.75, 3.05) is 0 Å². The molecule has 1 aromatic carbocycles. The Morgan fingerprint density at radius 1 is 1.25 bits per heavy atom. The van der Waals surface area contributed by atoms with E-state index in [0.29, 0.717) is 11.3 Å². The normalized spacial score (nSPS) is 21.8. The number of nitrogens with zero attached hydrogens (tertiary/aromatic N) is 1. The van der Waals surface area contributed by atoms with Crippen LogP contribution in [0.15, 0.2) is 44.5 Å². The van der Waals surface area contributed by atoms with Crippen LogP contribution < -0.4 is 0 Å². The molecule has 1 atom stereocenters. The molecule has 0 amide bonds. The van der Waals surface area contributed by atoms with Gasteiger partial charge in [-0.25, -0.2) is 0 Å². The van der Waals surface area contributed by atoms with Crippen LogP contribution in [0.4, 0.5) is 18.9 Å². The Labute approximate surface area is 126 Å². The molecule has 0 spiro atoms. The molecule has 0 fully saturated rings. The van der Waals surface area contributed by atoms with Gasteiger partial charge >= 0.3 is 6.18 Å². The highest BCUT2D eigenvalue weighted by Gasteiger charge is 2.56. The van der Waals surface area contributed by atoms with E-state index in [1.165, 1.54) is 17.4 Å². The van der Waals surface area contributed by atoms with Crippen LogP contribution >= 0.6 is 27.3 Å². The summed E-state index contributed by atoms with van der Waals surface area (Å²) in [7, 11) is 0. The predicted octanol–water partition coefficient (Wildman–Crippen LogP) is 5.27. The SMILES string of the molecule is FC(F)(F)[C@]1(c2ccsc2)C=Nc2ccc(Br)cc2C1. The lowest BCUT2D eigenvalue weighted by atomic mass is 9.75. The number of rotatable bonds is 1. The summed E-state index contributed by atoms with van der Waals surface area (Å²) in [6.45, 7) is 0. The van der Waals surface area contributed by atoms with Crippen LogP contribution in [0.25, 0.3) is 0 Å². The fourth-order valence-electron chi connectivity index (χ4n) is 2.38. The van der Waals surface area contributed by atoms with Gasteiger partial charge in [-0.15, -0.1) is 0 Å². The zero-order chi connectivity index (χ0) is 14.4. The van der Waals surface area contributed by atoms with Gasteiger partial charge in [-0.2, -0.15) is 24.5 Å². The van der Waals surface area contributed by atoms with Gasteiger partial charge < -0.3 is 0 Å². The maximum atomic E-state index is 13.7. The van der Waals surface area contributed by atoms with Gasteiger partial charge in [0, 0.05) is 10.7 Å². The summed E-state index contributed by atoms with van der Waals surface area (Å²) in [6.07, 6.45) is -3.45. The Morgan fingerprint density at radius 2 is 2.05 bits per heavy atom. The average molecular weight is 360 g/mol. The average Bonchev–Trinajstić information content (AvgIpc) is 2.90. The topological polar surface area (TPSA) is 12.4 Å². The molecular formula is C14H9BrF3NS. The van der Waals surface area contributed by atoms with Crippen LogP contribution in [0, 0.1) is 0 Å². The molecule has 6 heteroatoms. The summed E-state index contributed by atoms with van der Waals surface area (Å²) < 4.78 is 41.7. The van der Waals surface area contributed by atoms with Gasteiger partial charge in [-0.05, 0) is 52.6 Å². The molecule has 20 heavy (non-hydrogen) atoms. The number of halogens is 4. The smallest absolute Gasteiger partial charge is 0.260 e. The first kappa shape index (κ1) is 13.8. The van der Waals surface area contributed by atoms with Crippen molar-refractivity contribution in [1.82, 2.24) is 0 Å². The molecule has 0 aliphatic carbocycles. The zero-order valence-corrected chi connectivity index (χ0v) is 12.5. The van der Waals surface area contributed by atoms with E-state index in [2.05, 4.69) is 20.9 Å². The van der Waals surface area contributed by atoms with E-state index in [-0.39, 0.29) is 12.0 Å². The Balaban J connectivity index is 2.16. The lowest BCUT2D eigenvalue weighted by molar-refractivity contribution is -0.168. The summed E-state index contributed by atoms with van der Waals surface area (Å²) >= 11 is 4.56. The lowest BCUT2D eigenvalue weighted by Gasteiger charge is -2.34. The van der Waals surface area contributed by atoms with Gasteiger partial charge in [-0.1, -0.05) is 15.9 Å². The van der Waals surface area contributed by atoms with Gasteiger partial charge in [0.2, 0.25) is 0 Å². The first-order valence-electron chi connectivity index (χ1n) is 5.85. The van der Waals surface area contributed by atoms with Crippen molar-refractivity contribution in [2.45, 2.75) is 18.0 Å². The van der Waals surface area contributed by atoms with Gasteiger partial charge in [0.15, 0.2) is 0 Å². The summed E-state index contributed by atoms with van der Waals surface area (Å²) in [5.41, 5.74) is -0.570. The van der Waals surface area contributed by atoms with E-state index >= 15 is 0 Å². The second-order valence-electron chi connectivity index (χ2n) is 4.69. The highest BCUT2D eigenvalue weighted by atomic mass is 79.9. The molecule has 1 aliphatic rings. The number of benzene rings is 1. The number of alkyl halides is 3. The summed E-state index contributed by atoms with van der Waals surface area (Å²) in [6, 6.07) is 6.73.